The third-order valence-corrected chi connectivity index (χ3v) is 3.68. The molecule has 0 atom stereocenters. The molecule has 7 heteroatoms. The fraction of sp³-hybridized carbons (Fsp3) is 0.727. The fourth-order valence-electron chi connectivity index (χ4n) is 1.66. The number of ether oxygens (including phenoxy) is 1. The monoisotopic (exact) mass is 271 g/mol. The Bertz CT molecular complexity index is 464. The number of carbonyl (C=O) groups excluding carboxylic acids is 1. The minimum Gasteiger partial charge on any atom is -0.466 e. The first-order valence-corrected chi connectivity index (χ1v) is 7.16. The lowest BCUT2D eigenvalue weighted by atomic mass is 10.3. The van der Waals surface area contributed by atoms with E-state index in [1.165, 1.54) is 11.8 Å². The molecular weight excluding hydrogens is 254 g/mol. The number of esters is 1. The maximum atomic E-state index is 11.5. The van der Waals surface area contributed by atoms with E-state index < -0.39 is 0 Å². The topological polar surface area (TPSA) is 77.0 Å². The Kier molecular flexibility index (Phi) is 4.46. The molecule has 0 bridgehead atoms. The first-order valence-electron chi connectivity index (χ1n) is 6.17. The van der Waals surface area contributed by atoms with Gasteiger partial charge in [0.25, 0.3) is 0 Å². The third-order valence-electron chi connectivity index (χ3n) is 2.65. The second-order valence-electron chi connectivity index (χ2n) is 4.17. The molecule has 1 saturated carbocycles. The Morgan fingerprint density at radius 3 is 3.06 bits per heavy atom. The summed E-state index contributed by atoms with van der Waals surface area (Å²) in [6.45, 7) is 2.22. The van der Waals surface area contributed by atoms with Crippen molar-refractivity contribution in [1.82, 2.24) is 14.8 Å². The Balaban J connectivity index is 1.77. The highest BCUT2D eigenvalue weighted by Crippen LogP contribution is 2.36. The second kappa shape index (κ2) is 6.08. The van der Waals surface area contributed by atoms with Crippen LogP contribution in [0.5, 0.6) is 0 Å². The summed E-state index contributed by atoms with van der Waals surface area (Å²) in [5, 5.41) is 7.20. The van der Waals surface area contributed by atoms with Gasteiger partial charge in [0, 0.05) is 18.2 Å². The van der Waals surface area contributed by atoms with Crippen LogP contribution in [0, 0.1) is 0 Å². The van der Waals surface area contributed by atoms with Gasteiger partial charge in [-0.1, -0.05) is 11.8 Å². The number of hydrogen-bond acceptors (Lipinski definition) is 5. The summed E-state index contributed by atoms with van der Waals surface area (Å²) in [5.74, 6) is 0.593. The molecule has 100 valence electrons. The lowest BCUT2D eigenvalue weighted by Crippen LogP contribution is -2.16. The number of nitrogens with one attached hydrogen (secondary N) is 1. The van der Waals surface area contributed by atoms with Crippen LogP contribution in [0.2, 0.25) is 0 Å². The quantitative estimate of drug-likeness (QED) is 0.460. The molecule has 0 amide bonds. The molecule has 0 spiro atoms. The van der Waals surface area contributed by atoms with Gasteiger partial charge in [-0.15, -0.1) is 5.10 Å². The Hall–Kier alpha value is -1.24. The number of hydrogen-bond donors (Lipinski definition) is 1. The first kappa shape index (κ1) is 13.2. The average Bonchev–Trinajstić information content (AvgIpc) is 3.10. The molecule has 1 aromatic heterocycles. The van der Waals surface area contributed by atoms with E-state index in [-0.39, 0.29) is 11.7 Å². The normalized spacial score (nSPS) is 14.7. The van der Waals surface area contributed by atoms with Gasteiger partial charge in [0.2, 0.25) is 0 Å². The molecule has 18 heavy (non-hydrogen) atoms. The van der Waals surface area contributed by atoms with Gasteiger partial charge in [0.15, 0.2) is 5.16 Å². The highest BCUT2D eigenvalue weighted by Gasteiger charge is 2.28. The highest BCUT2D eigenvalue weighted by atomic mass is 32.2. The Morgan fingerprint density at radius 1 is 1.61 bits per heavy atom. The summed E-state index contributed by atoms with van der Waals surface area (Å²) in [7, 11) is 0. The van der Waals surface area contributed by atoms with E-state index in [2.05, 4.69) is 10.2 Å². The molecule has 1 aliphatic rings. The van der Waals surface area contributed by atoms with E-state index in [1.54, 1.807) is 11.5 Å². The van der Waals surface area contributed by atoms with Crippen LogP contribution in [0.3, 0.4) is 0 Å². The number of thioether (sulfide) groups is 1. The molecule has 6 nitrogen and oxygen atoms in total. The van der Waals surface area contributed by atoms with Crippen LogP contribution in [-0.4, -0.2) is 33.1 Å². The van der Waals surface area contributed by atoms with E-state index in [4.69, 9.17) is 4.74 Å². The molecule has 0 radical (unpaired) electrons. The van der Waals surface area contributed by atoms with Crippen molar-refractivity contribution in [2.45, 2.75) is 43.8 Å². The van der Waals surface area contributed by atoms with Gasteiger partial charge in [0.1, 0.15) is 0 Å². The van der Waals surface area contributed by atoms with Gasteiger partial charge in [0.05, 0.1) is 6.61 Å². The number of rotatable bonds is 7. The molecule has 0 aromatic carbocycles. The smallest absolute Gasteiger partial charge is 0.344 e. The van der Waals surface area contributed by atoms with Crippen LogP contribution in [0.4, 0.5) is 0 Å². The lowest BCUT2D eigenvalue weighted by molar-refractivity contribution is -0.143. The molecule has 0 saturated heterocycles. The molecule has 1 N–H and O–H groups in total. The van der Waals surface area contributed by atoms with Gasteiger partial charge in [-0.25, -0.2) is 9.89 Å². The second-order valence-corrected chi connectivity index (χ2v) is 5.23. The van der Waals surface area contributed by atoms with Gasteiger partial charge in [-0.3, -0.25) is 9.36 Å². The lowest BCUT2D eigenvalue weighted by Gasteiger charge is -2.03. The molecule has 0 unspecified atom stereocenters. The maximum absolute atomic E-state index is 11.5. The van der Waals surface area contributed by atoms with Crippen LogP contribution >= 0.6 is 11.8 Å². The molecular formula is C11H17N3O3S. The maximum Gasteiger partial charge on any atom is 0.344 e. The van der Waals surface area contributed by atoms with E-state index in [0.717, 1.165) is 30.2 Å². The number of H-pyrrole nitrogens is 1. The Labute approximate surface area is 109 Å². The van der Waals surface area contributed by atoms with E-state index in [0.29, 0.717) is 19.1 Å². The minimum absolute atomic E-state index is 0.134. The number of nitrogens with zero attached hydrogens (tertiary/aromatic N) is 2. The van der Waals surface area contributed by atoms with Crippen molar-refractivity contribution in [3.63, 3.8) is 0 Å². The van der Waals surface area contributed by atoms with Crippen molar-refractivity contribution in [2.75, 3.05) is 12.4 Å². The number of aromatic amines is 1. The van der Waals surface area contributed by atoms with Gasteiger partial charge >= 0.3 is 11.7 Å². The molecule has 2 rings (SSSR count). The van der Waals surface area contributed by atoms with Crippen molar-refractivity contribution in [2.24, 2.45) is 0 Å². The molecule has 0 aliphatic heterocycles. The predicted octanol–water partition coefficient (Wildman–Crippen LogP) is 1.34. The standard InChI is InChI=1S/C11H17N3O3S/c1-2-17-9(15)4-3-7-18-11-13-12-10(16)14(11)8-5-6-8/h8H,2-7H2,1H3,(H,12,16). The van der Waals surface area contributed by atoms with Crippen LogP contribution in [0.1, 0.15) is 38.6 Å². The van der Waals surface area contributed by atoms with Crippen molar-refractivity contribution < 1.29 is 9.53 Å². The largest absolute Gasteiger partial charge is 0.466 e. The summed E-state index contributed by atoms with van der Waals surface area (Å²) in [6, 6.07) is 0.323. The summed E-state index contributed by atoms with van der Waals surface area (Å²) < 4.78 is 6.56. The van der Waals surface area contributed by atoms with Crippen LogP contribution < -0.4 is 5.69 Å². The van der Waals surface area contributed by atoms with Gasteiger partial charge in [-0.2, -0.15) is 0 Å². The zero-order chi connectivity index (χ0) is 13.0. The van der Waals surface area contributed by atoms with E-state index in [9.17, 15) is 9.59 Å². The summed E-state index contributed by atoms with van der Waals surface area (Å²) in [4.78, 5) is 22.6. The predicted molar refractivity (Wildman–Crippen MR) is 67.7 cm³/mol. The third kappa shape index (κ3) is 3.38. The van der Waals surface area contributed by atoms with Crippen molar-refractivity contribution in [3.05, 3.63) is 10.5 Å². The highest BCUT2D eigenvalue weighted by molar-refractivity contribution is 7.99. The van der Waals surface area contributed by atoms with E-state index in [1.807, 2.05) is 0 Å². The number of carbonyl (C=O) groups is 1. The molecule has 1 heterocycles. The van der Waals surface area contributed by atoms with Gasteiger partial charge < -0.3 is 4.74 Å². The minimum atomic E-state index is -0.167. The van der Waals surface area contributed by atoms with Crippen molar-refractivity contribution in [1.29, 1.82) is 0 Å². The van der Waals surface area contributed by atoms with E-state index >= 15 is 0 Å². The molecule has 1 aliphatic carbocycles. The fourth-order valence-corrected chi connectivity index (χ4v) is 2.61. The zero-order valence-electron chi connectivity index (χ0n) is 10.3. The van der Waals surface area contributed by atoms with Crippen LogP contribution in [0.25, 0.3) is 0 Å². The number of aromatic nitrogens is 3. The van der Waals surface area contributed by atoms with Crippen LogP contribution in [-0.2, 0) is 9.53 Å². The van der Waals surface area contributed by atoms with Crippen LogP contribution in [0.15, 0.2) is 9.95 Å². The first-order chi connectivity index (χ1) is 8.72. The zero-order valence-corrected chi connectivity index (χ0v) is 11.2. The summed E-state index contributed by atoms with van der Waals surface area (Å²) in [5.41, 5.74) is -0.134. The SMILES string of the molecule is CCOC(=O)CCCSc1n[nH]c(=O)n1C1CC1. The van der Waals surface area contributed by atoms with Gasteiger partial charge in [-0.05, 0) is 26.2 Å². The van der Waals surface area contributed by atoms with Crippen molar-refractivity contribution in [3.8, 4) is 0 Å². The van der Waals surface area contributed by atoms with Crippen molar-refractivity contribution >= 4 is 17.7 Å². The summed E-state index contributed by atoms with van der Waals surface area (Å²) in [6.07, 6.45) is 3.25. The summed E-state index contributed by atoms with van der Waals surface area (Å²) >= 11 is 1.51. The average molecular weight is 271 g/mol. The molecule has 1 fully saturated rings. The molecule has 1 aromatic rings. The Morgan fingerprint density at radius 2 is 2.39 bits per heavy atom.